The van der Waals surface area contributed by atoms with Crippen molar-refractivity contribution in [2.45, 2.75) is 6.92 Å². The second kappa shape index (κ2) is 4.74. The fourth-order valence-corrected chi connectivity index (χ4v) is 1.63. The van der Waals surface area contributed by atoms with E-state index in [1.165, 1.54) is 6.07 Å². The minimum absolute atomic E-state index is 0.0554. The smallest absolute Gasteiger partial charge is 0.160 e. The molecule has 0 amide bonds. The quantitative estimate of drug-likeness (QED) is 0.607. The summed E-state index contributed by atoms with van der Waals surface area (Å²) in [4.78, 5) is 0. The van der Waals surface area contributed by atoms with Crippen molar-refractivity contribution in [3.63, 3.8) is 0 Å². The number of phenolic OH excluding ortho intramolecular Hbond substituents is 2. The SMILES string of the molecule is Cc1c(C=Cc2ccccc2)ccc(O)c1O. The molecule has 0 radical (unpaired) electrons. The summed E-state index contributed by atoms with van der Waals surface area (Å²) in [7, 11) is 0. The summed E-state index contributed by atoms with van der Waals surface area (Å²) >= 11 is 0. The molecular weight excluding hydrogens is 212 g/mol. The standard InChI is InChI=1S/C15H14O2/c1-11-13(9-10-14(16)15(11)17)8-7-12-5-3-2-4-6-12/h2-10,16-17H,1H3. The molecule has 0 aliphatic carbocycles. The maximum Gasteiger partial charge on any atom is 0.160 e. The lowest BCUT2D eigenvalue weighted by molar-refractivity contribution is 0.401. The van der Waals surface area contributed by atoms with Gasteiger partial charge in [0.1, 0.15) is 0 Å². The molecule has 0 heterocycles. The summed E-state index contributed by atoms with van der Waals surface area (Å²) in [6.45, 7) is 1.78. The molecule has 0 bridgehead atoms. The minimum Gasteiger partial charge on any atom is -0.504 e. The predicted molar refractivity (Wildman–Crippen MR) is 69.9 cm³/mol. The molecule has 2 aromatic rings. The first kappa shape index (κ1) is 11.3. The van der Waals surface area contributed by atoms with Gasteiger partial charge in [0, 0.05) is 5.56 Å². The number of aromatic hydroxyl groups is 2. The third-order valence-corrected chi connectivity index (χ3v) is 2.71. The number of rotatable bonds is 2. The largest absolute Gasteiger partial charge is 0.504 e. The number of hydrogen-bond donors (Lipinski definition) is 2. The maximum absolute atomic E-state index is 9.60. The Kier molecular flexibility index (Phi) is 3.15. The number of benzene rings is 2. The molecule has 0 aliphatic heterocycles. The van der Waals surface area contributed by atoms with Crippen molar-refractivity contribution in [2.75, 3.05) is 0 Å². The average Bonchev–Trinajstić information content (AvgIpc) is 2.36. The van der Waals surface area contributed by atoms with Gasteiger partial charge in [-0.3, -0.25) is 0 Å². The minimum atomic E-state index is -0.0839. The van der Waals surface area contributed by atoms with Gasteiger partial charge in [0.05, 0.1) is 0 Å². The van der Waals surface area contributed by atoms with Gasteiger partial charge >= 0.3 is 0 Å². The fraction of sp³-hybridized carbons (Fsp3) is 0.0667. The highest BCUT2D eigenvalue weighted by Gasteiger charge is 2.05. The van der Waals surface area contributed by atoms with Crippen LogP contribution in [0.5, 0.6) is 11.5 Å². The van der Waals surface area contributed by atoms with E-state index in [-0.39, 0.29) is 11.5 Å². The van der Waals surface area contributed by atoms with Crippen molar-refractivity contribution in [2.24, 2.45) is 0 Å². The molecule has 0 saturated heterocycles. The second-order valence-electron chi connectivity index (χ2n) is 3.89. The fourth-order valence-electron chi connectivity index (χ4n) is 1.63. The molecule has 0 unspecified atom stereocenters. The molecule has 0 fully saturated rings. The molecule has 0 saturated carbocycles. The molecule has 2 nitrogen and oxygen atoms in total. The van der Waals surface area contributed by atoms with E-state index in [1.54, 1.807) is 13.0 Å². The van der Waals surface area contributed by atoms with E-state index >= 15 is 0 Å². The van der Waals surface area contributed by atoms with Crippen LogP contribution < -0.4 is 0 Å². The lowest BCUT2D eigenvalue weighted by Gasteiger charge is -2.05. The molecule has 2 aromatic carbocycles. The highest BCUT2D eigenvalue weighted by Crippen LogP contribution is 2.31. The van der Waals surface area contributed by atoms with Crippen molar-refractivity contribution >= 4 is 12.2 Å². The first-order valence-electron chi connectivity index (χ1n) is 5.43. The van der Waals surface area contributed by atoms with Crippen LogP contribution in [0.15, 0.2) is 42.5 Å². The van der Waals surface area contributed by atoms with Crippen LogP contribution in [-0.4, -0.2) is 10.2 Å². The third-order valence-electron chi connectivity index (χ3n) is 2.71. The Labute approximate surface area is 100 Å². The molecule has 17 heavy (non-hydrogen) atoms. The van der Waals surface area contributed by atoms with Gasteiger partial charge in [-0.05, 0) is 24.1 Å². The summed E-state index contributed by atoms with van der Waals surface area (Å²) in [5, 5.41) is 18.9. The topological polar surface area (TPSA) is 40.5 Å². The van der Waals surface area contributed by atoms with Crippen LogP contribution >= 0.6 is 0 Å². The van der Waals surface area contributed by atoms with Crippen LogP contribution in [0, 0.1) is 6.92 Å². The summed E-state index contributed by atoms with van der Waals surface area (Å²) < 4.78 is 0. The van der Waals surface area contributed by atoms with Gasteiger partial charge in [0.15, 0.2) is 11.5 Å². The lowest BCUT2D eigenvalue weighted by atomic mass is 10.1. The van der Waals surface area contributed by atoms with Crippen molar-refractivity contribution in [3.05, 3.63) is 59.2 Å². The zero-order valence-corrected chi connectivity index (χ0v) is 9.59. The number of phenols is 2. The molecule has 2 N–H and O–H groups in total. The summed E-state index contributed by atoms with van der Waals surface area (Å²) in [6, 6.07) is 13.2. The summed E-state index contributed by atoms with van der Waals surface area (Å²) in [5.74, 6) is -0.139. The maximum atomic E-state index is 9.60. The first-order valence-corrected chi connectivity index (χ1v) is 5.43. The Morgan fingerprint density at radius 1 is 0.882 bits per heavy atom. The monoisotopic (exact) mass is 226 g/mol. The van der Waals surface area contributed by atoms with Crippen LogP contribution in [0.1, 0.15) is 16.7 Å². The third kappa shape index (κ3) is 2.48. The van der Waals surface area contributed by atoms with Crippen molar-refractivity contribution in [1.29, 1.82) is 0 Å². The Morgan fingerprint density at radius 3 is 2.29 bits per heavy atom. The van der Waals surface area contributed by atoms with E-state index in [1.807, 2.05) is 42.5 Å². The molecule has 0 spiro atoms. The van der Waals surface area contributed by atoms with Crippen LogP contribution in [-0.2, 0) is 0 Å². The lowest BCUT2D eigenvalue weighted by Crippen LogP contribution is -1.82. The van der Waals surface area contributed by atoms with Crippen molar-refractivity contribution in [1.82, 2.24) is 0 Å². The molecule has 86 valence electrons. The molecule has 2 heteroatoms. The van der Waals surface area contributed by atoms with E-state index < -0.39 is 0 Å². The van der Waals surface area contributed by atoms with Gasteiger partial charge < -0.3 is 10.2 Å². The Hall–Kier alpha value is -2.22. The summed E-state index contributed by atoms with van der Waals surface area (Å²) in [6.07, 6.45) is 3.89. The van der Waals surface area contributed by atoms with Crippen LogP contribution in [0.2, 0.25) is 0 Å². The zero-order chi connectivity index (χ0) is 12.3. The van der Waals surface area contributed by atoms with Gasteiger partial charge in [-0.2, -0.15) is 0 Å². The van der Waals surface area contributed by atoms with Crippen LogP contribution in [0.4, 0.5) is 0 Å². The zero-order valence-electron chi connectivity index (χ0n) is 9.59. The second-order valence-corrected chi connectivity index (χ2v) is 3.89. The average molecular weight is 226 g/mol. The normalized spacial score (nSPS) is 10.9. The molecule has 0 aromatic heterocycles. The number of hydrogen-bond acceptors (Lipinski definition) is 2. The Bertz CT molecular complexity index is 542. The van der Waals surface area contributed by atoms with E-state index in [9.17, 15) is 10.2 Å². The predicted octanol–water partition coefficient (Wildman–Crippen LogP) is 3.58. The van der Waals surface area contributed by atoms with Gasteiger partial charge in [0.25, 0.3) is 0 Å². The Balaban J connectivity index is 2.31. The van der Waals surface area contributed by atoms with E-state index in [0.29, 0.717) is 5.56 Å². The van der Waals surface area contributed by atoms with E-state index in [2.05, 4.69) is 0 Å². The van der Waals surface area contributed by atoms with Gasteiger partial charge in [-0.1, -0.05) is 48.6 Å². The molecule has 2 rings (SSSR count). The summed E-state index contributed by atoms with van der Waals surface area (Å²) in [5.41, 5.74) is 2.67. The van der Waals surface area contributed by atoms with E-state index in [4.69, 9.17) is 0 Å². The molecule has 0 aliphatic rings. The van der Waals surface area contributed by atoms with Gasteiger partial charge in [0.2, 0.25) is 0 Å². The van der Waals surface area contributed by atoms with Crippen molar-refractivity contribution in [3.8, 4) is 11.5 Å². The van der Waals surface area contributed by atoms with E-state index in [0.717, 1.165) is 11.1 Å². The highest BCUT2D eigenvalue weighted by atomic mass is 16.3. The van der Waals surface area contributed by atoms with Gasteiger partial charge in [-0.25, -0.2) is 0 Å². The van der Waals surface area contributed by atoms with Crippen LogP contribution in [0.25, 0.3) is 12.2 Å². The molecular formula is C15H14O2. The first-order chi connectivity index (χ1) is 8.18. The van der Waals surface area contributed by atoms with Crippen LogP contribution in [0.3, 0.4) is 0 Å². The Morgan fingerprint density at radius 2 is 1.59 bits per heavy atom. The molecule has 0 atom stereocenters. The van der Waals surface area contributed by atoms with Crippen molar-refractivity contribution < 1.29 is 10.2 Å². The van der Waals surface area contributed by atoms with Gasteiger partial charge in [-0.15, -0.1) is 0 Å². The highest BCUT2D eigenvalue weighted by molar-refractivity contribution is 5.73.